The van der Waals surface area contributed by atoms with Gasteiger partial charge in [0.05, 0.1) is 22.9 Å². The highest BCUT2D eigenvalue weighted by atomic mass is 35.5. The van der Waals surface area contributed by atoms with Crippen LogP contribution >= 0.6 is 23.2 Å². The van der Waals surface area contributed by atoms with E-state index in [1.54, 1.807) is 39.2 Å². The Kier molecular flexibility index (Phi) is 5.16. The molecule has 0 saturated carbocycles. The molecule has 1 aromatic heterocycles. The molecule has 2 atom stereocenters. The Hall–Kier alpha value is -1.79. The number of allylic oxidation sites excluding steroid dienone is 2. The molecule has 23 heavy (non-hydrogen) atoms. The van der Waals surface area contributed by atoms with Crippen LogP contribution in [0.25, 0.3) is 0 Å². The van der Waals surface area contributed by atoms with Crippen molar-refractivity contribution in [1.82, 2.24) is 15.1 Å². The molecule has 1 heterocycles. The van der Waals surface area contributed by atoms with E-state index in [4.69, 9.17) is 27.9 Å². The van der Waals surface area contributed by atoms with Gasteiger partial charge in [0.1, 0.15) is 5.92 Å². The number of nitrogens with zero attached hydrogens (tertiary/aromatic N) is 2. The van der Waals surface area contributed by atoms with Gasteiger partial charge in [-0.05, 0) is 19.9 Å². The summed E-state index contributed by atoms with van der Waals surface area (Å²) in [5.41, 5.74) is 0.901. The Morgan fingerprint density at radius 3 is 2.78 bits per heavy atom. The van der Waals surface area contributed by atoms with Gasteiger partial charge in [0.15, 0.2) is 5.00 Å². The second kappa shape index (κ2) is 6.76. The Bertz CT molecular complexity index is 696. The van der Waals surface area contributed by atoms with Crippen LogP contribution in [0.5, 0.6) is 0 Å². The number of amides is 1. The van der Waals surface area contributed by atoms with Crippen molar-refractivity contribution in [2.75, 3.05) is 6.61 Å². The number of aryl methyl sites for hydroxylation is 2. The molecule has 0 spiro atoms. The molecule has 0 radical (unpaired) electrons. The van der Waals surface area contributed by atoms with Gasteiger partial charge in [-0.2, -0.15) is 5.10 Å². The predicted molar refractivity (Wildman–Crippen MR) is 87.2 cm³/mol. The SMILES string of the molecule is CCOC(=O)C1C=CC=C(Cl)C1(Cl)NC(=O)c1cn(C)nc1C. The lowest BCUT2D eigenvalue weighted by atomic mass is 9.93. The topological polar surface area (TPSA) is 73.2 Å². The molecule has 1 aliphatic rings. The maximum absolute atomic E-state index is 12.5. The molecule has 1 aliphatic carbocycles. The third-order valence-corrected chi connectivity index (χ3v) is 4.47. The van der Waals surface area contributed by atoms with Crippen LogP contribution in [-0.4, -0.2) is 33.3 Å². The van der Waals surface area contributed by atoms with Crippen molar-refractivity contribution < 1.29 is 14.3 Å². The summed E-state index contributed by atoms with van der Waals surface area (Å²) in [6.07, 6.45) is 6.25. The van der Waals surface area contributed by atoms with E-state index in [9.17, 15) is 9.59 Å². The second-order valence-corrected chi connectivity index (χ2v) is 6.10. The normalized spacial score (nSPS) is 23.3. The van der Waals surface area contributed by atoms with Crippen LogP contribution < -0.4 is 5.32 Å². The number of aromatic nitrogens is 2. The fourth-order valence-corrected chi connectivity index (χ4v) is 2.87. The van der Waals surface area contributed by atoms with Gasteiger partial charge >= 0.3 is 5.97 Å². The first-order valence-corrected chi connectivity index (χ1v) is 7.78. The van der Waals surface area contributed by atoms with Gasteiger partial charge in [-0.15, -0.1) is 0 Å². The summed E-state index contributed by atoms with van der Waals surface area (Å²) in [5.74, 6) is -1.96. The average Bonchev–Trinajstić information content (AvgIpc) is 2.81. The molecular formula is C15H17Cl2N3O3. The van der Waals surface area contributed by atoms with Crippen molar-refractivity contribution in [3.8, 4) is 0 Å². The van der Waals surface area contributed by atoms with Gasteiger partial charge in [-0.1, -0.05) is 35.4 Å². The predicted octanol–water partition coefficient (Wildman–Crippen LogP) is 2.27. The lowest BCUT2D eigenvalue weighted by molar-refractivity contribution is -0.147. The van der Waals surface area contributed by atoms with Gasteiger partial charge in [0, 0.05) is 13.2 Å². The smallest absolute Gasteiger partial charge is 0.316 e. The van der Waals surface area contributed by atoms with E-state index in [-0.39, 0.29) is 11.6 Å². The third-order valence-electron chi connectivity index (χ3n) is 3.42. The third kappa shape index (κ3) is 3.43. The molecule has 2 unspecified atom stereocenters. The van der Waals surface area contributed by atoms with Crippen LogP contribution in [0.2, 0.25) is 0 Å². The van der Waals surface area contributed by atoms with E-state index in [1.165, 1.54) is 10.8 Å². The second-order valence-electron chi connectivity index (χ2n) is 5.10. The van der Waals surface area contributed by atoms with E-state index in [1.807, 2.05) is 0 Å². The quantitative estimate of drug-likeness (QED) is 0.509. The minimum atomic E-state index is -1.60. The van der Waals surface area contributed by atoms with Gasteiger partial charge in [0.25, 0.3) is 5.91 Å². The minimum Gasteiger partial charge on any atom is -0.465 e. The van der Waals surface area contributed by atoms with Crippen LogP contribution in [0.3, 0.4) is 0 Å². The number of hydrogen-bond donors (Lipinski definition) is 1. The Morgan fingerprint density at radius 2 is 2.22 bits per heavy atom. The summed E-state index contributed by atoms with van der Waals surface area (Å²) in [7, 11) is 1.71. The highest BCUT2D eigenvalue weighted by Crippen LogP contribution is 2.38. The molecule has 1 aromatic rings. The number of alkyl halides is 1. The zero-order valence-electron chi connectivity index (χ0n) is 13.0. The zero-order chi connectivity index (χ0) is 17.2. The summed E-state index contributed by atoms with van der Waals surface area (Å²) in [6.45, 7) is 3.60. The first kappa shape index (κ1) is 17.6. The van der Waals surface area contributed by atoms with Crippen molar-refractivity contribution in [1.29, 1.82) is 0 Å². The van der Waals surface area contributed by atoms with Crippen molar-refractivity contribution in [2.24, 2.45) is 13.0 Å². The Morgan fingerprint density at radius 1 is 1.52 bits per heavy atom. The van der Waals surface area contributed by atoms with Crippen LogP contribution in [0.15, 0.2) is 29.5 Å². The fourth-order valence-electron chi connectivity index (χ4n) is 2.32. The maximum atomic E-state index is 12.5. The summed E-state index contributed by atoms with van der Waals surface area (Å²) >= 11 is 12.7. The number of carbonyl (C=O) groups is 2. The van der Waals surface area contributed by atoms with Crippen molar-refractivity contribution in [2.45, 2.75) is 18.8 Å². The number of nitrogens with one attached hydrogen (secondary N) is 1. The molecule has 0 bridgehead atoms. The molecule has 1 N–H and O–H groups in total. The molecule has 6 nitrogen and oxygen atoms in total. The number of halogens is 2. The number of hydrogen-bond acceptors (Lipinski definition) is 4. The molecule has 0 fully saturated rings. The Balaban J connectivity index is 2.31. The Labute approximate surface area is 144 Å². The molecule has 2 rings (SSSR count). The monoisotopic (exact) mass is 357 g/mol. The summed E-state index contributed by atoms with van der Waals surface area (Å²) in [5, 5.41) is 6.87. The summed E-state index contributed by atoms with van der Waals surface area (Å²) in [4.78, 5) is 23.1. The highest BCUT2D eigenvalue weighted by Gasteiger charge is 2.46. The minimum absolute atomic E-state index is 0.134. The number of ether oxygens (including phenoxy) is 1. The fraction of sp³-hybridized carbons (Fsp3) is 0.400. The summed E-state index contributed by atoms with van der Waals surface area (Å²) < 4.78 is 6.53. The van der Waals surface area contributed by atoms with Crippen LogP contribution in [0, 0.1) is 12.8 Å². The van der Waals surface area contributed by atoms with Gasteiger partial charge in [0.2, 0.25) is 0 Å². The van der Waals surface area contributed by atoms with Crippen molar-refractivity contribution >= 4 is 35.1 Å². The van der Waals surface area contributed by atoms with Gasteiger partial charge in [-0.3, -0.25) is 14.3 Å². The van der Waals surface area contributed by atoms with E-state index >= 15 is 0 Å². The first-order valence-electron chi connectivity index (χ1n) is 7.02. The average molecular weight is 358 g/mol. The van der Waals surface area contributed by atoms with E-state index < -0.39 is 22.8 Å². The van der Waals surface area contributed by atoms with Crippen LogP contribution in [0.4, 0.5) is 0 Å². The number of esters is 1. The number of carbonyl (C=O) groups excluding carboxylic acids is 2. The van der Waals surface area contributed by atoms with Crippen LogP contribution in [0.1, 0.15) is 23.0 Å². The zero-order valence-corrected chi connectivity index (χ0v) is 14.5. The molecule has 8 heteroatoms. The lowest BCUT2D eigenvalue weighted by Gasteiger charge is -2.34. The molecule has 124 valence electrons. The highest BCUT2D eigenvalue weighted by molar-refractivity contribution is 6.41. The molecule has 0 aromatic carbocycles. The molecule has 0 saturated heterocycles. The van der Waals surface area contributed by atoms with Crippen molar-refractivity contribution in [3.63, 3.8) is 0 Å². The standard InChI is InChI=1S/C15H17Cl2N3O3/c1-4-23-14(22)11-6-5-7-12(16)15(11,17)18-13(21)10-8-20(3)19-9(10)2/h5-8,11H,4H2,1-3H3,(H,18,21). The van der Waals surface area contributed by atoms with Gasteiger partial charge in [-0.25, -0.2) is 0 Å². The molecule has 0 aliphatic heterocycles. The maximum Gasteiger partial charge on any atom is 0.316 e. The largest absolute Gasteiger partial charge is 0.465 e. The van der Waals surface area contributed by atoms with E-state index in [2.05, 4.69) is 10.4 Å². The lowest BCUT2D eigenvalue weighted by Crippen LogP contribution is -2.53. The molecular weight excluding hydrogens is 341 g/mol. The van der Waals surface area contributed by atoms with Gasteiger partial charge < -0.3 is 10.1 Å². The van der Waals surface area contributed by atoms with E-state index in [0.717, 1.165) is 0 Å². The van der Waals surface area contributed by atoms with Crippen LogP contribution in [-0.2, 0) is 16.6 Å². The van der Waals surface area contributed by atoms with E-state index in [0.29, 0.717) is 11.3 Å². The number of rotatable bonds is 4. The summed E-state index contributed by atoms with van der Waals surface area (Å²) in [6, 6.07) is 0. The first-order chi connectivity index (χ1) is 10.8. The van der Waals surface area contributed by atoms with Crippen molar-refractivity contribution in [3.05, 3.63) is 40.7 Å². The molecule has 1 amide bonds.